The van der Waals surface area contributed by atoms with Gasteiger partial charge in [0.1, 0.15) is 6.04 Å². The summed E-state index contributed by atoms with van der Waals surface area (Å²) in [6.45, 7) is 0. The molecule has 1 aromatic heterocycles. The summed E-state index contributed by atoms with van der Waals surface area (Å²) in [7, 11) is 3.00. The van der Waals surface area contributed by atoms with E-state index in [1.165, 1.54) is 14.2 Å². The molecule has 6 nitrogen and oxygen atoms in total. The van der Waals surface area contributed by atoms with E-state index >= 15 is 0 Å². The Morgan fingerprint density at radius 3 is 2.88 bits per heavy atom. The second-order valence-electron chi connectivity index (χ2n) is 3.75. The molecule has 1 saturated heterocycles. The molecule has 6 heteroatoms. The molecular weight excluding hydrogens is 222 g/mol. The summed E-state index contributed by atoms with van der Waals surface area (Å²) in [5, 5.41) is 2.92. The standard InChI is InChI=1S/C11H13N3O3/c1-14-9(15)6-7(11(14)16)13-10-8(17-2)4-3-5-12-10/h3-5,7H,6H2,1-2H3,(H,12,13). The third-order valence-electron chi connectivity index (χ3n) is 2.68. The first kappa shape index (κ1) is 11.4. The topological polar surface area (TPSA) is 71.5 Å². The number of rotatable bonds is 3. The zero-order chi connectivity index (χ0) is 12.4. The second kappa shape index (κ2) is 4.40. The number of likely N-dealkylation sites (N-methyl/N-ethyl adjacent to an activating group) is 1. The average molecular weight is 235 g/mol. The number of carbonyl (C=O) groups is 2. The smallest absolute Gasteiger partial charge is 0.251 e. The number of hydrogen-bond acceptors (Lipinski definition) is 5. The predicted molar refractivity (Wildman–Crippen MR) is 60.6 cm³/mol. The third-order valence-corrected chi connectivity index (χ3v) is 2.68. The lowest BCUT2D eigenvalue weighted by Crippen LogP contribution is -2.32. The van der Waals surface area contributed by atoms with Gasteiger partial charge in [-0.3, -0.25) is 14.5 Å². The first-order valence-corrected chi connectivity index (χ1v) is 5.19. The average Bonchev–Trinajstić information content (AvgIpc) is 2.58. The van der Waals surface area contributed by atoms with Gasteiger partial charge in [-0.05, 0) is 12.1 Å². The van der Waals surface area contributed by atoms with Crippen molar-refractivity contribution in [1.29, 1.82) is 0 Å². The van der Waals surface area contributed by atoms with E-state index in [4.69, 9.17) is 4.74 Å². The lowest BCUT2D eigenvalue weighted by atomic mass is 10.2. The summed E-state index contributed by atoms with van der Waals surface area (Å²) >= 11 is 0. The van der Waals surface area contributed by atoms with Crippen LogP contribution in [0.5, 0.6) is 5.75 Å². The summed E-state index contributed by atoms with van der Waals surface area (Å²) in [5.74, 6) is 0.573. The van der Waals surface area contributed by atoms with Crippen molar-refractivity contribution in [1.82, 2.24) is 9.88 Å². The summed E-state index contributed by atoms with van der Waals surface area (Å²) in [6, 6.07) is 2.91. The predicted octanol–water partition coefficient (Wildman–Crippen LogP) is 0.259. The highest BCUT2D eigenvalue weighted by Gasteiger charge is 2.36. The van der Waals surface area contributed by atoms with E-state index in [1.54, 1.807) is 18.3 Å². The molecule has 1 atom stereocenters. The number of aromatic nitrogens is 1. The monoisotopic (exact) mass is 235 g/mol. The number of imide groups is 1. The quantitative estimate of drug-likeness (QED) is 0.761. The van der Waals surface area contributed by atoms with Gasteiger partial charge < -0.3 is 10.1 Å². The van der Waals surface area contributed by atoms with Gasteiger partial charge in [0, 0.05) is 13.2 Å². The van der Waals surface area contributed by atoms with Gasteiger partial charge in [-0.2, -0.15) is 0 Å². The molecule has 90 valence electrons. The molecule has 2 heterocycles. The van der Waals surface area contributed by atoms with E-state index in [0.29, 0.717) is 11.6 Å². The van der Waals surface area contributed by atoms with Crippen molar-refractivity contribution in [3.63, 3.8) is 0 Å². The van der Waals surface area contributed by atoms with Crippen LogP contribution in [-0.2, 0) is 9.59 Å². The van der Waals surface area contributed by atoms with Gasteiger partial charge in [0.25, 0.3) is 5.91 Å². The zero-order valence-electron chi connectivity index (χ0n) is 9.64. The molecule has 1 aliphatic heterocycles. The van der Waals surface area contributed by atoms with Crippen molar-refractivity contribution in [3.05, 3.63) is 18.3 Å². The highest BCUT2D eigenvalue weighted by molar-refractivity contribution is 6.06. The van der Waals surface area contributed by atoms with E-state index in [0.717, 1.165) is 4.90 Å². The minimum absolute atomic E-state index is 0.148. The molecule has 1 fully saturated rings. The lowest BCUT2D eigenvalue weighted by molar-refractivity contribution is -0.136. The van der Waals surface area contributed by atoms with Crippen molar-refractivity contribution < 1.29 is 14.3 Å². The molecular formula is C11H13N3O3. The molecule has 0 saturated carbocycles. The fourth-order valence-corrected chi connectivity index (χ4v) is 1.70. The Bertz CT molecular complexity index is 461. The fraction of sp³-hybridized carbons (Fsp3) is 0.364. The number of likely N-dealkylation sites (tertiary alicyclic amines) is 1. The molecule has 2 amide bonds. The first-order chi connectivity index (χ1) is 8.13. The molecule has 0 spiro atoms. The van der Waals surface area contributed by atoms with Crippen LogP contribution in [-0.4, -0.2) is 41.9 Å². The molecule has 17 heavy (non-hydrogen) atoms. The Kier molecular flexibility index (Phi) is 2.95. The van der Waals surface area contributed by atoms with Crippen LogP contribution in [0.3, 0.4) is 0 Å². The highest BCUT2D eigenvalue weighted by Crippen LogP contribution is 2.23. The normalized spacial score (nSPS) is 19.6. The van der Waals surface area contributed by atoms with Crippen LogP contribution in [0.2, 0.25) is 0 Å². The molecule has 1 unspecified atom stereocenters. The molecule has 1 aromatic rings. The van der Waals surface area contributed by atoms with Crippen LogP contribution >= 0.6 is 0 Å². The molecule has 1 N–H and O–H groups in total. The van der Waals surface area contributed by atoms with Gasteiger partial charge in [0.15, 0.2) is 11.6 Å². The number of hydrogen-bond donors (Lipinski definition) is 1. The number of nitrogens with zero attached hydrogens (tertiary/aromatic N) is 2. The van der Waals surface area contributed by atoms with Gasteiger partial charge >= 0.3 is 0 Å². The number of amides is 2. The van der Waals surface area contributed by atoms with Crippen LogP contribution in [0.4, 0.5) is 5.82 Å². The highest BCUT2D eigenvalue weighted by atomic mass is 16.5. The SMILES string of the molecule is COc1cccnc1NC1CC(=O)N(C)C1=O. The van der Waals surface area contributed by atoms with Crippen LogP contribution in [0.15, 0.2) is 18.3 Å². The van der Waals surface area contributed by atoms with Gasteiger partial charge in [0.2, 0.25) is 5.91 Å². The minimum Gasteiger partial charge on any atom is -0.493 e. The molecule has 0 radical (unpaired) electrons. The maximum Gasteiger partial charge on any atom is 0.251 e. The number of ether oxygens (including phenoxy) is 1. The number of nitrogens with one attached hydrogen (secondary N) is 1. The summed E-state index contributed by atoms with van der Waals surface area (Å²) in [6.07, 6.45) is 1.74. The van der Waals surface area contributed by atoms with Crippen LogP contribution in [0.1, 0.15) is 6.42 Å². The largest absolute Gasteiger partial charge is 0.493 e. The Hall–Kier alpha value is -2.11. The van der Waals surface area contributed by atoms with Gasteiger partial charge in [-0.15, -0.1) is 0 Å². The van der Waals surface area contributed by atoms with E-state index in [9.17, 15) is 9.59 Å². The third kappa shape index (κ3) is 2.06. The lowest BCUT2D eigenvalue weighted by Gasteiger charge is -2.13. The molecule has 0 aromatic carbocycles. The molecule has 1 aliphatic rings. The maximum absolute atomic E-state index is 11.7. The minimum atomic E-state index is -0.559. The van der Waals surface area contributed by atoms with E-state index in [1.807, 2.05) is 0 Å². The van der Waals surface area contributed by atoms with Gasteiger partial charge in [0.05, 0.1) is 13.5 Å². The van der Waals surface area contributed by atoms with Crippen LogP contribution < -0.4 is 10.1 Å². The first-order valence-electron chi connectivity index (χ1n) is 5.19. The van der Waals surface area contributed by atoms with E-state index < -0.39 is 6.04 Å². The number of pyridine rings is 1. The molecule has 2 rings (SSSR count). The summed E-state index contributed by atoms with van der Waals surface area (Å²) in [4.78, 5) is 28.2. The Labute approximate surface area is 98.6 Å². The Morgan fingerprint density at radius 2 is 2.29 bits per heavy atom. The number of methoxy groups -OCH3 is 1. The van der Waals surface area contributed by atoms with E-state index in [-0.39, 0.29) is 18.2 Å². The molecule has 0 bridgehead atoms. The van der Waals surface area contributed by atoms with Crippen LogP contribution in [0.25, 0.3) is 0 Å². The number of carbonyl (C=O) groups excluding carboxylic acids is 2. The van der Waals surface area contributed by atoms with Crippen molar-refractivity contribution in [2.45, 2.75) is 12.5 Å². The van der Waals surface area contributed by atoms with Gasteiger partial charge in [-0.25, -0.2) is 4.98 Å². The van der Waals surface area contributed by atoms with Gasteiger partial charge in [-0.1, -0.05) is 0 Å². The number of anilines is 1. The summed E-state index contributed by atoms with van der Waals surface area (Å²) in [5.41, 5.74) is 0. The maximum atomic E-state index is 11.7. The Balaban J connectivity index is 2.17. The van der Waals surface area contributed by atoms with Crippen molar-refractivity contribution in [3.8, 4) is 5.75 Å². The van der Waals surface area contributed by atoms with E-state index in [2.05, 4.69) is 10.3 Å². The van der Waals surface area contributed by atoms with Crippen molar-refractivity contribution in [2.75, 3.05) is 19.5 Å². The van der Waals surface area contributed by atoms with Crippen molar-refractivity contribution >= 4 is 17.6 Å². The summed E-state index contributed by atoms with van der Waals surface area (Å²) < 4.78 is 5.11. The molecule has 0 aliphatic carbocycles. The second-order valence-corrected chi connectivity index (χ2v) is 3.75. The van der Waals surface area contributed by atoms with Crippen molar-refractivity contribution in [2.24, 2.45) is 0 Å². The fourth-order valence-electron chi connectivity index (χ4n) is 1.70. The Morgan fingerprint density at radius 1 is 1.53 bits per heavy atom. The zero-order valence-corrected chi connectivity index (χ0v) is 9.64. The van der Waals surface area contributed by atoms with Crippen LogP contribution in [0, 0.1) is 0 Å².